The summed E-state index contributed by atoms with van der Waals surface area (Å²) in [6.45, 7) is 0. The fraction of sp³-hybridized carbons (Fsp3) is 0.133. The van der Waals surface area contributed by atoms with Gasteiger partial charge in [-0.2, -0.15) is 0 Å². The number of rotatable bonds is 2. The van der Waals surface area contributed by atoms with Crippen molar-refractivity contribution in [2.45, 2.75) is 11.7 Å². The zero-order valence-electron chi connectivity index (χ0n) is 19.3. The number of carbonyl (C=O) groups excluding carboxylic acids is 4. The summed E-state index contributed by atoms with van der Waals surface area (Å²) in [6.07, 6.45) is -0.985. The molecular formula is C30H18ClNO5. The first-order valence-corrected chi connectivity index (χ1v) is 12.3. The quantitative estimate of drug-likeness (QED) is 0.275. The zero-order chi connectivity index (χ0) is 25.5. The Hall–Kier alpha value is -4.13. The van der Waals surface area contributed by atoms with E-state index in [1.807, 2.05) is 30.3 Å². The molecule has 0 saturated carbocycles. The van der Waals surface area contributed by atoms with E-state index in [2.05, 4.69) is 0 Å². The third-order valence-corrected chi connectivity index (χ3v) is 7.98. The number of fused-ring (bicyclic) bond motifs is 4. The van der Waals surface area contributed by atoms with Crippen molar-refractivity contribution in [2.24, 2.45) is 11.8 Å². The predicted molar refractivity (Wildman–Crippen MR) is 137 cm³/mol. The van der Waals surface area contributed by atoms with Gasteiger partial charge in [0.05, 0.1) is 23.6 Å². The second-order valence-corrected chi connectivity index (χ2v) is 9.98. The maximum absolute atomic E-state index is 14.2. The Morgan fingerprint density at radius 3 is 2.03 bits per heavy atom. The number of nitrogens with zero attached hydrogens (tertiary/aromatic N) is 1. The first kappa shape index (κ1) is 22.1. The van der Waals surface area contributed by atoms with E-state index in [0.717, 1.165) is 15.7 Å². The maximum Gasteiger partial charge on any atom is 0.241 e. The van der Waals surface area contributed by atoms with E-state index in [9.17, 15) is 19.2 Å². The molecule has 2 saturated heterocycles. The number of ether oxygens (including phenoxy) is 1. The lowest BCUT2D eigenvalue weighted by Gasteiger charge is -2.27. The fourth-order valence-electron chi connectivity index (χ4n) is 6.11. The Kier molecular flexibility index (Phi) is 4.59. The Balaban J connectivity index is 1.44. The molecule has 3 atom stereocenters. The minimum atomic E-state index is -2.11. The molecule has 2 heterocycles. The average Bonchev–Trinajstić information content (AvgIpc) is 3.49. The maximum atomic E-state index is 14.2. The van der Waals surface area contributed by atoms with Crippen LogP contribution in [0.2, 0.25) is 5.02 Å². The number of imide groups is 1. The highest BCUT2D eigenvalue weighted by Gasteiger charge is 2.74. The predicted octanol–water partition coefficient (Wildman–Crippen LogP) is 5.19. The van der Waals surface area contributed by atoms with E-state index in [4.69, 9.17) is 16.3 Å². The van der Waals surface area contributed by atoms with Crippen LogP contribution < -0.4 is 4.90 Å². The molecule has 7 heteroatoms. The molecule has 4 aromatic carbocycles. The van der Waals surface area contributed by atoms with Gasteiger partial charge in [0.1, 0.15) is 0 Å². The van der Waals surface area contributed by atoms with Crippen molar-refractivity contribution in [1.29, 1.82) is 0 Å². The van der Waals surface area contributed by atoms with Crippen LogP contribution in [0, 0.1) is 11.8 Å². The minimum absolute atomic E-state index is 0.201. The number of halogens is 1. The van der Waals surface area contributed by atoms with E-state index in [1.54, 1.807) is 60.7 Å². The third-order valence-electron chi connectivity index (χ3n) is 7.73. The molecule has 0 unspecified atom stereocenters. The smallest absolute Gasteiger partial charge is 0.241 e. The Labute approximate surface area is 216 Å². The second-order valence-electron chi connectivity index (χ2n) is 9.54. The van der Waals surface area contributed by atoms with Gasteiger partial charge in [0.15, 0.2) is 0 Å². The molecule has 2 aliphatic heterocycles. The molecule has 6 nitrogen and oxygen atoms in total. The highest BCUT2D eigenvalue weighted by molar-refractivity contribution is 6.37. The van der Waals surface area contributed by atoms with Crippen molar-refractivity contribution in [3.63, 3.8) is 0 Å². The largest absolute Gasteiger partial charge is 0.349 e. The van der Waals surface area contributed by atoms with E-state index in [0.29, 0.717) is 16.3 Å². The van der Waals surface area contributed by atoms with Crippen molar-refractivity contribution in [3.8, 4) is 0 Å². The minimum Gasteiger partial charge on any atom is -0.349 e. The number of ketones is 2. The molecule has 37 heavy (non-hydrogen) atoms. The van der Waals surface area contributed by atoms with Gasteiger partial charge < -0.3 is 4.74 Å². The first-order valence-electron chi connectivity index (χ1n) is 11.9. The van der Waals surface area contributed by atoms with Gasteiger partial charge in [-0.05, 0) is 29.1 Å². The highest BCUT2D eigenvalue weighted by Crippen LogP contribution is 2.58. The van der Waals surface area contributed by atoms with Gasteiger partial charge in [0, 0.05) is 21.5 Å². The Morgan fingerprint density at radius 1 is 0.703 bits per heavy atom. The van der Waals surface area contributed by atoms with E-state index < -0.39 is 46.9 Å². The first-order chi connectivity index (χ1) is 17.9. The lowest BCUT2D eigenvalue weighted by atomic mass is 9.77. The fourth-order valence-corrected chi connectivity index (χ4v) is 6.24. The summed E-state index contributed by atoms with van der Waals surface area (Å²) in [5.74, 6) is -4.64. The van der Waals surface area contributed by atoms with Crippen LogP contribution in [0.25, 0.3) is 10.8 Å². The van der Waals surface area contributed by atoms with Crippen LogP contribution in [-0.2, 0) is 14.3 Å². The van der Waals surface area contributed by atoms with Crippen LogP contribution >= 0.6 is 11.6 Å². The number of hydrogen-bond donors (Lipinski definition) is 0. The van der Waals surface area contributed by atoms with E-state index >= 15 is 0 Å². The molecule has 0 bridgehead atoms. The Morgan fingerprint density at radius 2 is 1.32 bits per heavy atom. The van der Waals surface area contributed by atoms with Crippen molar-refractivity contribution in [1.82, 2.24) is 0 Å². The summed E-state index contributed by atoms with van der Waals surface area (Å²) >= 11 is 6.09. The third kappa shape index (κ3) is 2.79. The summed E-state index contributed by atoms with van der Waals surface area (Å²) in [5, 5.41) is 2.06. The summed E-state index contributed by atoms with van der Waals surface area (Å²) < 4.78 is 6.31. The zero-order valence-corrected chi connectivity index (χ0v) is 20.0. The SMILES string of the molecule is O=C1[C@@H]2[C@@H](c3ccc(Cl)cc3)OC3(C(=O)c4ccccc4C3=O)[C@H]2C(=O)N1c1cccc2ccccc12. The molecule has 1 aliphatic carbocycles. The normalized spacial score (nSPS) is 23.8. The Bertz CT molecular complexity index is 1640. The lowest BCUT2D eigenvalue weighted by molar-refractivity contribution is -0.127. The molecule has 0 aromatic heterocycles. The van der Waals surface area contributed by atoms with Crippen LogP contribution in [0.1, 0.15) is 32.4 Å². The molecule has 0 radical (unpaired) electrons. The van der Waals surface area contributed by atoms with Crippen LogP contribution in [0.5, 0.6) is 0 Å². The van der Waals surface area contributed by atoms with Gasteiger partial charge in [0.2, 0.25) is 29.0 Å². The van der Waals surface area contributed by atoms with Gasteiger partial charge in [-0.15, -0.1) is 0 Å². The van der Waals surface area contributed by atoms with Crippen LogP contribution in [0.3, 0.4) is 0 Å². The number of amides is 2. The number of hydrogen-bond acceptors (Lipinski definition) is 5. The van der Waals surface area contributed by atoms with Crippen molar-refractivity contribution in [2.75, 3.05) is 4.90 Å². The molecule has 0 N–H and O–H groups in total. The lowest BCUT2D eigenvalue weighted by Crippen LogP contribution is -2.51. The highest BCUT2D eigenvalue weighted by atomic mass is 35.5. The summed E-state index contributed by atoms with van der Waals surface area (Å²) in [4.78, 5) is 57.1. The van der Waals surface area contributed by atoms with Gasteiger partial charge >= 0.3 is 0 Å². The molecule has 2 amide bonds. The van der Waals surface area contributed by atoms with E-state index in [1.165, 1.54) is 0 Å². The number of carbonyl (C=O) groups is 4. The number of anilines is 1. The van der Waals surface area contributed by atoms with Gasteiger partial charge in [0.25, 0.3) is 0 Å². The molecule has 3 aliphatic rings. The monoisotopic (exact) mass is 507 g/mol. The van der Waals surface area contributed by atoms with Crippen LogP contribution in [0.15, 0.2) is 91.0 Å². The summed E-state index contributed by atoms with van der Waals surface area (Å²) in [6, 6.07) is 25.9. The van der Waals surface area contributed by atoms with E-state index in [-0.39, 0.29) is 11.1 Å². The molecule has 180 valence electrons. The average molecular weight is 508 g/mol. The molecule has 4 aromatic rings. The molecule has 7 rings (SSSR count). The second kappa shape index (κ2) is 7.68. The van der Waals surface area contributed by atoms with Crippen LogP contribution in [0.4, 0.5) is 5.69 Å². The van der Waals surface area contributed by atoms with Gasteiger partial charge in [-0.3, -0.25) is 19.2 Å². The summed E-state index contributed by atoms with van der Waals surface area (Å²) in [5.41, 5.74) is -0.722. The number of Topliss-reactive ketones (excluding diaryl/α,β-unsaturated/α-hetero) is 2. The topological polar surface area (TPSA) is 80.8 Å². The van der Waals surface area contributed by atoms with Crippen molar-refractivity contribution in [3.05, 3.63) is 113 Å². The summed E-state index contributed by atoms with van der Waals surface area (Å²) in [7, 11) is 0. The standard InChI is InChI=1S/C30H18ClNO5/c31-18-14-12-17(13-15-18)25-23-24(30(37-25)26(33)20-9-3-4-10-21(20)27(30)34)29(36)32(28(23)35)22-11-5-7-16-6-1-2-8-19(16)22/h1-15,23-25H/t23-,24+,25+/m0/s1. The van der Waals surface area contributed by atoms with Gasteiger partial charge in [-0.25, -0.2) is 4.90 Å². The van der Waals surface area contributed by atoms with Crippen molar-refractivity contribution < 1.29 is 23.9 Å². The molecule has 2 fully saturated rings. The molecular weight excluding hydrogens is 490 g/mol. The van der Waals surface area contributed by atoms with Crippen molar-refractivity contribution >= 4 is 51.4 Å². The van der Waals surface area contributed by atoms with Crippen LogP contribution in [-0.4, -0.2) is 29.0 Å². The number of benzene rings is 4. The molecule has 1 spiro atoms. The van der Waals surface area contributed by atoms with Gasteiger partial charge in [-0.1, -0.05) is 84.4 Å².